The normalized spacial score (nSPS) is 13.0. The Hall–Kier alpha value is -1.65. The molecule has 0 saturated carbocycles. The minimum absolute atomic E-state index is 0.0645. The van der Waals surface area contributed by atoms with Crippen molar-refractivity contribution in [3.8, 4) is 0 Å². The fourth-order valence-corrected chi connectivity index (χ4v) is 9.78. The molecule has 1 amide bonds. The maximum atomic E-state index is 12.5. The predicted octanol–water partition coefficient (Wildman–Crippen LogP) is 21.0. The first kappa shape index (κ1) is 67.3. The largest absolute Gasteiger partial charge is 0.394 e. The molecule has 4 nitrogen and oxygen atoms in total. The number of aliphatic hydroxyl groups excluding tert-OH is 2. The minimum Gasteiger partial charge on any atom is -0.394 e. The topological polar surface area (TPSA) is 69.6 Å². The molecule has 69 heavy (non-hydrogen) atoms. The van der Waals surface area contributed by atoms with Crippen molar-refractivity contribution in [2.75, 3.05) is 6.61 Å². The lowest BCUT2D eigenvalue weighted by molar-refractivity contribution is -0.123. The fraction of sp³-hybridized carbons (Fsp3) is 0.862. The fourth-order valence-electron chi connectivity index (χ4n) is 9.78. The molecular weight excluding hydrogens is 843 g/mol. The van der Waals surface area contributed by atoms with E-state index in [1.54, 1.807) is 6.08 Å². The summed E-state index contributed by atoms with van der Waals surface area (Å²) in [5, 5.41) is 23.2. The average molecular weight is 967 g/mol. The van der Waals surface area contributed by atoms with Crippen molar-refractivity contribution in [3.63, 3.8) is 0 Å². The van der Waals surface area contributed by atoms with Crippen LogP contribution in [0.1, 0.15) is 341 Å². The van der Waals surface area contributed by atoms with Gasteiger partial charge in [-0.25, -0.2) is 0 Å². The Labute approximate surface area is 433 Å². The van der Waals surface area contributed by atoms with Crippen LogP contribution in [0.4, 0.5) is 0 Å². The molecule has 2 atom stereocenters. The number of allylic oxidation sites excluding steroid dienone is 7. The molecule has 4 heteroatoms. The summed E-state index contributed by atoms with van der Waals surface area (Å²) in [6, 6.07) is -0.627. The lowest BCUT2D eigenvalue weighted by Crippen LogP contribution is -2.45. The molecule has 406 valence electrons. The predicted molar refractivity (Wildman–Crippen MR) is 308 cm³/mol. The van der Waals surface area contributed by atoms with E-state index in [0.717, 1.165) is 38.5 Å². The highest BCUT2D eigenvalue weighted by molar-refractivity contribution is 5.76. The van der Waals surface area contributed by atoms with E-state index in [4.69, 9.17) is 0 Å². The van der Waals surface area contributed by atoms with E-state index in [-0.39, 0.29) is 12.5 Å². The first-order valence-electron chi connectivity index (χ1n) is 31.4. The Morgan fingerprint density at radius 3 is 0.884 bits per heavy atom. The molecule has 2 unspecified atom stereocenters. The van der Waals surface area contributed by atoms with Gasteiger partial charge in [0.05, 0.1) is 18.8 Å². The maximum absolute atomic E-state index is 12.5. The highest BCUT2D eigenvalue weighted by Crippen LogP contribution is 2.18. The number of carbonyl (C=O) groups excluding carboxylic acids is 1. The SMILES string of the molecule is CCCCCCC/C=C\C/C=C\C/C=C\CCCCCCCCCCCCC(=O)NC(CO)C(O)/C=C/CCCCCCCCCCCCCCCCCCCCCCCCCCCCCCCC. The van der Waals surface area contributed by atoms with E-state index in [1.807, 2.05) is 6.08 Å². The number of hydrogen-bond donors (Lipinski definition) is 3. The van der Waals surface area contributed by atoms with Gasteiger partial charge in [-0.15, -0.1) is 0 Å². The second kappa shape index (κ2) is 60.7. The smallest absolute Gasteiger partial charge is 0.220 e. The Balaban J connectivity index is 3.47. The molecule has 0 rings (SSSR count). The number of nitrogens with one attached hydrogen (secondary N) is 1. The van der Waals surface area contributed by atoms with Crippen LogP contribution in [0.3, 0.4) is 0 Å². The molecule has 0 spiro atoms. The highest BCUT2D eigenvalue weighted by atomic mass is 16.3. The molecule has 0 aliphatic rings. The summed E-state index contributed by atoms with van der Waals surface area (Å²) < 4.78 is 0. The molecule has 0 bridgehead atoms. The monoisotopic (exact) mass is 966 g/mol. The van der Waals surface area contributed by atoms with Gasteiger partial charge in [-0.05, 0) is 57.8 Å². The molecule has 0 radical (unpaired) electrons. The summed E-state index contributed by atoms with van der Waals surface area (Å²) >= 11 is 0. The van der Waals surface area contributed by atoms with Crippen LogP contribution in [0.5, 0.6) is 0 Å². The van der Waals surface area contributed by atoms with Crippen molar-refractivity contribution >= 4 is 5.91 Å². The summed E-state index contributed by atoms with van der Waals surface area (Å²) in [7, 11) is 0. The van der Waals surface area contributed by atoms with Gasteiger partial charge in [0.25, 0.3) is 0 Å². The number of carbonyl (C=O) groups is 1. The van der Waals surface area contributed by atoms with Crippen LogP contribution in [-0.4, -0.2) is 34.9 Å². The molecule has 0 fully saturated rings. The van der Waals surface area contributed by atoms with E-state index in [2.05, 4.69) is 55.6 Å². The number of aliphatic hydroxyl groups is 2. The molecule has 0 heterocycles. The Morgan fingerprint density at radius 1 is 0.348 bits per heavy atom. The molecule has 0 aromatic rings. The molecule has 0 aromatic heterocycles. The van der Waals surface area contributed by atoms with Gasteiger partial charge in [0.15, 0.2) is 0 Å². The summed E-state index contributed by atoms with van der Waals surface area (Å²) in [5.74, 6) is -0.0645. The zero-order chi connectivity index (χ0) is 49.9. The zero-order valence-corrected chi connectivity index (χ0v) is 46.8. The van der Waals surface area contributed by atoms with Gasteiger partial charge in [0, 0.05) is 6.42 Å². The minimum atomic E-state index is -0.844. The first-order valence-corrected chi connectivity index (χ1v) is 31.4. The molecule has 0 aliphatic carbocycles. The summed E-state index contributed by atoms with van der Waals surface area (Å²) in [6.07, 6.45) is 84.5. The second-order valence-electron chi connectivity index (χ2n) is 21.5. The summed E-state index contributed by atoms with van der Waals surface area (Å²) in [5.41, 5.74) is 0. The summed E-state index contributed by atoms with van der Waals surface area (Å²) in [6.45, 7) is 4.33. The second-order valence-corrected chi connectivity index (χ2v) is 21.5. The van der Waals surface area contributed by atoms with E-state index >= 15 is 0 Å². The third-order valence-electron chi connectivity index (χ3n) is 14.6. The summed E-state index contributed by atoms with van der Waals surface area (Å²) in [4.78, 5) is 12.5. The molecule has 0 saturated heterocycles. The quantitative estimate of drug-likeness (QED) is 0.0420. The first-order chi connectivity index (χ1) is 34.2. The van der Waals surface area contributed by atoms with E-state index in [1.165, 1.54) is 283 Å². The molecule has 0 aliphatic heterocycles. The van der Waals surface area contributed by atoms with Crippen molar-refractivity contribution in [2.24, 2.45) is 0 Å². The number of rotatable bonds is 58. The van der Waals surface area contributed by atoms with Crippen LogP contribution < -0.4 is 5.32 Å². The van der Waals surface area contributed by atoms with Gasteiger partial charge in [-0.1, -0.05) is 326 Å². The van der Waals surface area contributed by atoms with Gasteiger partial charge in [0.1, 0.15) is 0 Å². The van der Waals surface area contributed by atoms with Crippen LogP contribution in [0.25, 0.3) is 0 Å². The van der Waals surface area contributed by atoms with E-state index in [9.17, 15) is 15.0 Å². The molecular formula is C65H123NO3. The van der Waals surface area contributed by atoms with E-state index < -0.39 is 12.1 Å². The zero-order valence-electron chi connectivity index (χ0n) is 46.8. The lowest BCUT2D eigenvalue weighted by atomic mass is 10.0. The highest BCUT2D eigenvalue weighted by Gasteiger charge is 2.18. The molecule has 3 N–H and O–H groups in total. The van der Waals surface area contributed by atoms with Crippen molar-refractivity contribution in [2.45, 2.75) is 353 Å². The van der Waals surface area contributed by atoms with Crippen molar-refractivity contribution in [1.29, 1.82) is 0 Å². The number of hydrogen-bond acceptors (Lipinski definition) is 3. The van der Waals surface area contributed by atoms with Crippen LogP contribution in [0.2, 0.25) is 0 Å². The maximum Gasteiger partial charge on any atom is 0.220 e. The van der Waals surface area contributed by atoms with Gasteiger partial charge in [-0.3, -0.25) is 4.79 Å². The standard InChI is InChI=1S/C65H123NO3/c1-3-5-7-9-11-13-15-17-19-21-23-25-27-29-30-31-32-33-34-35-37-38-40-42-44-46-48-50-52-54-56-58-60-64(68)63(62-67)66-65(69)61-59-57-55-53-51-49-47-45-43-41-39-36-28-26-24-22-20-18-16-14-12-10-8-6-4-2/h16,18,22,24,28,36,58,60,63-64,67-68H,3-15,17,19-21,23,25-27,29-35,37-57,59,61-62H2,1-2H3,(H,66,69)/b18-16-,24-22-,36-28-,60-58+. The van der Waals surface area contributed by atoms with Crippen molar-refractivity contribution in [3.05, 3.63) is 48.6 Å². The van der Waals surface area contributed by atoms with Crippen LogP contribution in [0.15, 0.2) is 48.6 Å². The van der Waals surface area contributed by atoms with Gasteiger partial charge in [-0.2, -0.15) is 0 Å². The van der Waals surface area contributed by atoms with Gasteiger partial charge < -0.3 is 15.5 Å². The Kier molecular flexibility index (Phi) is 59.2. The third kappa shape index (κ3) is 57.1. The van der Waals surface area contributed by atoms with E-state index in [0.29, 0.717) is 6.42 Å². The Bertz CT molecular complexity index is 1090. The average Bonchev–Trinajstić information content (AvgIpc) is 3.35. The lowest BCUT2D eigenvalue weighted by Gasteiger charge is -2.20. The Morgan fingerprint density at radius 2 is 0.594 bits per heavy atom. The third-order valence-corrected chi connectivity index (χ3v) is 14.6. The van der Waals surface area contributed by atoms with Gasteiger partial charge >= 0.3 is 0 Å². The van der Waals surface area contributed by atoms with Crippen LogP contribution >= 0.6 is 0 Å². The van der Waals surface area contributed by atoms with Gasteiger partial charge in [0.2, 0.25) is 5.91 Å². The van der Waals surface area contributed by atoms with Crippen molar-refractivity contribution < 1.29 is 15.0 Å². The number of unbranched alkanes of at least 4 members (excludes halogenated alkanes) is 45. The number of amides is 1. The van der Waals surface area contributed by atoms with Crippen LogP contribution in [0, 0.1) is 0 Å². The molecule has 0 aromatic carbocycles. The van der Waals surface area contributed by atoms with Crippen molar-refractivity contribution in [1.82, 2.24) is 5.32 Å². The van der Waals surface area contributed by atoms with Crippen LogP contribution in [-0.2, 0) is 4.79 Å².